The van der Waals surface area contributed by atoms with E-state index in [-0.39, 0.29) is 11.3 Å². The first-order valence-corrected chi connectivity index (χ1v) is 5.48. The van der Waals surface area contributed by atoms with Crippen LogP contribution in [-0.4, -0.2) is 35.1 Å². The molecule has 0 rings (SSSR count). The first-order chi connectivity index (χ1) is 6.51. The van der Waals surface area contributed by atoms with E-state index in [2.05, 4.69) is 20.8 Å². The highest BCUT2D eigenvalue weighted by Gasteiger charge is 2.20. The van der Waals surface area contributed by atoms with Crippen molar-refractivity contribution in [3.63, 3.8) is 0 Å². The van der Waals surface area contributed by atoms with Crippen molar-refractivity contribution < 1.29 is 9.90 Å². The Kier molecular flexibility index (Phi) is 4.78. The Morgan fingerprint density at radius 2 is 1.67 bits per heavy atom. The maximum Gasteiger partial charge on any atom is 0.222 e. The zero-order valence-electron chi connectivity index (χ0n) is 10.9. The molecule has 0 saturated carbocycles. The summed E-state index contributed by atoms with van der Waals surface area (Å²) < 4.78 is 0. The molecule has 3 nitrogen and oxygen atoms in total. The van der Waals surface area contributed by atoms with Crippen LogP contribution in [0.3, 0.4) is 0 Å². The van der Waals surface area contributed by atoms with Gasteiger partial charge in [0.2, 0.25) is 5.91 Å². The van der Waals surface area contributed by atoms with E-state index in [1.54, 1.807) is 25.8 Å². The number of carbonyl (C=O) groups is 1. The lowest BCUT2D eigenvalue weighted by molar-refractivity contribution is -0.133. The summed E-state index contributed by atoms with van der Waals surface area (Å²) in [6.07, 6.45) is 1.43. The fourth-order valence-electron chi connectivity index (χ4n) is 1.34. The summed E-state index contributed by atoms with van der Waals surface area (Å²) in [6.45, 7) is 10.2. The second-order valence-electron chi connectivity index (χ2n) is 6.12. The fourth-order valence-corrected chi connectivity index (χ4v) is 1.34. The lowest BCUT2D eigenvalue weighted by Crippen LogP contribution is -2.39. The van der Waals surface area contributed by atoms with E-state index in [1.165, 1.54) is 0 Å². The minimum atomic E-state index is -0.813. The van der Waals surface area contributed by atoms with Crippen molar-refractivity contribution in [1.29, 1.82) is 0 Å². The molecule has 0 aliphatic heterocycles. The Morgan fingerprint density at radius 3 is 2.00 bits per heavy atom. The highest BCUT2D eigenvalue weighted by atomic mass is 16.3. The maximum atomic E-state index is 11.7. The van der Waals surface area contributed by atoms with E-state index in [0.717, 1.165) is 6.42 Å². The van der Waals surface area contributed by atoms with Crippen molar-refractivity contribution >= 4 is 5.91 Å². The molecule has 0 aliphatic rings. The topological polar surface area (TPSA) is 40.5 Å². The Bertz CT molecular complexity index is 211. The van der Waals surface area contributed by atoms with Gasteiger partial charge in [-0.05, 0) is 25.7 Å². The number of rotatable bonds is 4. The van der Waals surface area contributed by atoms with Crippen LogP contribution in [0.4, 0.5) is 0 Å². The van der Waals surface area contributed by atoms with Crippen LogP contribution in [0.1, 0.15) is 47.5 Å². The molecule has 3 heteroatoms. The summed E-state index contributed by atoms with van der Waals surface area (Å²) in [6, 6.07) is 0. The minimum Gasteiger partial charge on any atom is -0.389 e. The van der Waals surface area contributed by atoms with Crippen LogP contribution < -0.4 is 0 Å². The number of nitrogens with zero attached hydrogens (tertiary/aromatic N) is 1. The van der Waals surface area contributed by atoms with Crippen molar-refractivity contribution in [1.82, 2.24) is 4.90 Å². The van der Waals surface area contributed by atoms with Gasteiger partial charge in [0, 0.05) is 20.0 Å². The van der Waals surface area contributed by atoms with Crippen molar-refractivity contribution in [3.8, 4) is 0 Å². The minimum absolute atomic E-state index is 0.104. The van der Waals surface area contributed by atoms with Crippen LogP contribution in [0.25, 0.3) is 0 Å². The van der Waals surface area contributed by atoms with Crippen molar-refractivity contribution in [2.45, 2.75) is 53.1 Å². The van der Waals surface area contributed by atoms with Gasteiger partial charge in [0.1, 0.15) is 0 Å². The molecule has 0 aromatic rings. The largest absolute Gasteiger partial charge is 0.389 e. The van der Waals surface area contributed by atoms with E-state index >= 15 is 0 Å². The van der Waals surface area contributed by atoms with Crippen molar-refractivity contribution in [2.75, 3.05) is 13.6 Å². The lowest BCUT2D eigenvalue weighted by atomic mass is 9.90. The van der Waals surface area contributed by atoms with Gasteiger partial charge in [0.05, 0.1) is 5.60 Å². The first-order valence-electron chi connectivity index (χ1n) is 5.48. The summed E-state index contributed by atoms with van der Waals surface area (Å²) in [7, 11) is 1.74. The highest BCUT2D eigenvalue weighted by Crippen LogP contribution is 2.21. The van der Waals surface area contributed by atoms with Crippen LogP contribution in [0.5, 0.6) is 0 Å². The lowest BCUT2D eigenvalue weighted by Gasteiger charge is -2.26. The molecule has 0 saturated heterocycles. The molecule has 0 radical (unpaired) electrons. The van der Waals surface area contributed by atoms with Gasteiger partial charge in [0.25, 0.3) is 0 Å². The standard InChI is InChI=1S/C12H25NO2/c1-11(2,3)8-7-10(14)13(6)9-12(4,5)15/h15H,7-9H2,1-6H3. The Balaban J connectivity index is 4.01. The number of aliphatic hydroxyl groups is 1. The third-order valence-electron chi connectivity index (χ3n) is 2.14. The normalized spacial score (nSPS) is 12.7. The summed E-state index contributed by atoms with van der Waals surface area (Å²) in [5, 5.41) is 9.57. The van der Waals surface area contributed by atoms with Gasteiger partial charge in [-0.25, -0.2) is 0 Å². The Morgan fingerprint density at radius 1 is 1.20 bits per heavy atom. The van der Waals surface area contributed by atoms with Crippen molar-refractivity contribution in [3.05, 3.63) is 0 Å². The molecular formula is C12H25NO2. The van der Waals surface area contributed by atoms with E-state index in [9.17, 15) is 9.90 Å². The van der Waals surface area contributed by atoms with E-state index in [0.29, 0.717) is 13.0 Å². The van der Waals surface area contributed by atoms with Gasteiger partial charge in [-0.15, -0.1) is 0 Å². The summed E-state index contributed by atoms with van der Waals surface area (Å²) in [4.78, 5) is 13.3. The molecule has 0 fully saturated rings. The Hall–Kier alpha value is -0.570. The number of carbonyl (C=O) groups excluding carboxylic acids is 1. The van der Waals surface area contributed by atoms with Gasteiger partial charge in [-0.3, -0.25) is 4.79 Å². The third-order valence-corrected chi connectivity index (χ3v) is 2.14. The van der Waals surface area contributed by atoms with E-state index in [1.807, 2.05) is 0 Å². The molecule has 0 bridgehead atoms. The third kappa shape index (κ3) is 8.43. The summed E-state index contributed by atoms with van der Waals surface area (Å²) in [5.41, 5.74) is -0.628. The summed E-state index contributed by atoms with van der Waals surface area (Å²) in [5.74, 6) is 0.104. The number of hydrogen-bond donors (Lipinski definition) is 1. The van der Waals surface area contributed by atoms with E-state index in [4.69, 9.17) is 0 Å². The van der Waals surface area contributed by atoms with Gasteiger partial charge in [-0.2, -0.15) is 0 Å². The van der Waals surface area contributed by atoms with Gasteiger partial charge in [0.15, 0.2) is 0 Å². The molecule has 0 aromatic heterocycles. The van der Waals surface area contributed by atoms with Crippen LogP contribution in [0.15, 0.2) is 0 Å². The van der Waals surface area contributed by atoms with Gasteiger partial charge < -0.3 is 10.0 Å². The molecule has 0 aliphatic carbocycles. The number of likely N-dealkylation sites (N-methyl/N-ethyl adjacent to an activating group) is 1. The second-order valence-corrected chi connectivity index (χ2v) is 6.12. The Labute approximate surface area is 93.5 Å². The van der Waals surface area contributed by atoms with Crippen LogP contribution in [0, 0.1) is 5.41 Å². The summed E-state index contributed by atoms with van der Waals surface area (Å²) >= 11 is 0. The average molecular weight is 215 g/mol. The van der Waals surface area contributed by atoms with Crippen molar-refractivity contribution in [2.24, 2.45) is 5.41 Å². The van der Waals surface area contributed by atoms with Crippen LogP contribution >= 0.6 is 0 Å². The molecule has 0 atom stereocenters. The maximum absolute atomic E-state index is 11.7. The zero-order chi connectivity index (χ0) is 12.3. The molecule has 0 aromatic carbocycles. The van der Waals surface area contributed by atoms with Gasteiger partial charge >= 0.3 is 0 Å². The molecule has 1 amide bonds. The first kappa shape index (κ1) is 14.4. The predicted octanol–water partition coefficient (Wildman–Crippen LogP) is 2.04. The SMILES string of the molecule is CN(CC(C)(C)O)C(=O)CCC(C)(C)C. The monoisotopic (exact) mass is 215 g/mol. The second kappa shape index (κ2) is 4.97. The molecule has 0 unspecified atom stereocenters. The van der Waals surface area contributed by atoms with E-state index < -0.39 is 5.60 Å². The molecule has 1 N–H and O–H groups in total. The molecule has 90 valence electrons. The van der Waals surface area contributed by atoms with Crippen LogP contribution in [-0.2, 0) is 4.79 Å². The number of hydrogen-bond acceptors (Lipinski definition) is 2. The smallest absolute Gasteiger partial charge is 0.222 e. The predicted molar refractivity (Wildman–Crippen MR) is 62.6 cm³/mol. The van der Waals surface area contributed by atoms with Crippen LogP contribution in [0.2, 0.25) is 0 Å². The fraction of sp³-hybridized carbons (Fsp3) is 0.917. The molecular weight excluding hydrogens is 190 g/mol. The quantitative estimate of drug-likeness (QED) is 0.779. The highest BCUT2D eigenvalue weighted by molar-refractivity contribution is 5.75. The molecule has 15 heavy (non-hydrogen) atoms. The zero-order valence-corrected chi connectivity index (χ0v) is 10.9. The van der Waals surface area contributed by atoms with Gasteiger partial charge in [-0.1, -0.05) is 20.8 Å². The molecule has 0 spiro atoms. The number of amides is 1. The molecule has 0 heterocycles. The average Bonchev–Trinajstić information content (AvgIpc) is 1.95.